The van der Waals surface area contributed by atoms with Crippen molar-refractivity contribution in [1.29, 1.82) is 0 Å². The summed E-state index contributed by atoms with van der Waals surface area (Å²) in [4.78, 5) is 21.1. The Morgan fingerprint density at radius 3 is 2.50 bits per heavy atom. The van der Waals surface area contributed by atoms with E-state index in [1.165, 1.54) is 12.1 Å². The lowest BCUT2D eigenvalue weighted by molar-refractivity contribution is -0.384. The molecule has 0 radical (unpaired) electrons. The number of ether oxygens (including phenoxy) is 1. The van der Waals surface area contributed by atoms with E-state index in [0.717, 1.165) is 10.5 Å². The third kappa shape index (κ3) is 3.15. The summed E-state index contributed by atoms with van der Waals surface area (Å²) in [5.74, 6) is 0.557. The van der Waals surface area contributed by atoms with Gasteiger partial charge in [-0.2, -0.15) is 0 Å². The van der Waals surface area contributed by atoms with Crippen molar-refractivity contribution in [2.45, 2.75) is 0 Å². The van der Waals surface area contributed by atoms with Gasteiger partial charge in [0.05, 0.1) is 15.5 Å². The molecule has 0 aliphatic rings. The van der Waals surface area contributed by atoms with Gasteiger partial charge < -0.3 is 4.74 Å². The van der Waals surface area contributed by atoms with Crippen LogP contribution in [0.2, 0.25) is 5.02 Å². The molecule has 0 N–H and O–H groups in total. The Hall–Kier alpha value is -1.92. The molecule has 2 rings (SSSR count). The van der Waals surface area contributed by atoms with Crippen LogP contribution in [0.4, 0.5) is 5.69 Å². The van der Waals surface area contributed by atoms with Crippen LogP contribution in [0.1, 0.15) is 10.4 Å². The zero-order valence-electron chi connectivity index (χ0n) is 9.88. The quantitative estimate of drug-likeness (QED) is 0.455. The standard InChI is InChI=1S/C13H7BrClNO4/c14-9-1-3-13(11(15)6-9)20-12-4-2-10(16(18)19)5-8(12)7-17/h1-7H. The average molecular weight is 357 g/mol. The van der Waals surface area contributed by atoms with Crippen LogP contribution in [0.5, 0.6) is 11.5 Å². The van der Waals surface area contributed by atoms with Gasteiger partial charge in [-0.25, -0.2) is 0 Å². The SMILES string of the molecule is O=Cc1cc([N+](=O)[O-])ccc1Oc1ccc(Br)cc1Cl. The van der Waals surface area contributed by atoms with Crippen LogP contribution in [0.15, 0.2) is 40.9 Å². The molecule has 0 saturated heterocycles. The monoisotopic (exact) mass is 355 g/mol. The minimum atomic E-state index is -0.580. The molecule has 0 amide bonds. The summed E-state index contributed by atoms with van der Waals surface area (Å²) in [5.41, 5.74) is -0.0976. The highest BCUT2D eigenvalue weighted by Crippen LogP contribution is 2.33. The van der Waals surface area contributed by atoms with Gasteiger partial charge in [0.15, 0.2) is 6.29 Å². The Balaban J connectivity index is 2.38. The minimum Gasteiger partial charge on any atom is -0.455 e. The van der Waals surface area contributed by atoms with Crippen molar-refractivity contribution in [3.8, 4) is 11.5 Å². The number of hydrogen-bond donors (Lipinski definition) is 0. The molecule has 0 bridgehead atoms. The summed E-state index contributed by atoms with van der Waals surface area (Å²) in [7, 11) is 0. The lowest BCUT2D eigenvalue weighted by Crippen LogP contribution is -1.94. The summed E-state index contributed by atoms with van der Waals surface area (Å²) < 4.78 is 6.30. The van der Waals surface area contributed by atoms with Gasteiger partial charge in [0.25, 0.3) is 5.69 Å². The first kappa shape index (κ1) is 14.5. The van der Waals surface area contributed by atoms with Crippen molar-refractivity contribution in [3.05, 3.63) is 61.6 Å². The molecule has 5 nitrogen and oxygen atoms in total. The Morgan fingerprint density at radius 2 is 1.90 bits per heavy atom. The molecule has 0 saturated carbocycles. The van der Waals surface area contributed by atoms with E-state index in [-0.39, 0.29) is 17.0 Å². The van der Waals surface area contributed by atoms with Gasteiger partial charge in [-0.3, -0.25) is 14.9 Å². The number of non-ortho nitro benzene ring substituents is 1. The van der Waals surface area contributed by atoms with Crippen molar-refractivity contribution in [2.24, 2.45) is 0 Å². The van der Waals surface area contributed by atoms with E-state index in [1.807, 2.05) is 0 Å². The van der Waals surface area contributed by atoms with E-state index < -0.39 is 4.92 Å². The van der Waals surface area contributed by atoms with Crippen LogP contribution in [-0.2, 0) is 0 Å². The second-order valence-corrected chi connectivity index (χ2v) is 5.10. The Labute approximate surface area is 127 Å². The molecule has 0 fully saturated rings. The summed E-state index contributed by atoms with van der Waals surface area (Å²) in [6.45, 7) is 0. The second-order valence-electron chi connectivity index (χ2n) is 3.77. The van der Waals surface area contributed by atoms with E-state index in [1.54, 1.807) is 18.2 Å². The number of rotatable bonds is 4. The van der Waals surface area contributed by atoms with Crippen LogP contribution in [0.25, 0.3) is 0 Å². The van der Waals surface area contributed by atoms with Gasteiger partial charge in [0, 0.05) is 16.6 Å². The molecule has 0 atom stereocenters. The number of hydrogen-bond acceptors (Lipinski definition) is 4. The fourth-order valence-electron chi connectivity index (χ4n) is 1.51. The molecular weight excluding hydrogens is 350 g/mol. The Bertz CT molecular complexity index is 690. The van der Waals surface area contributed by atoms with Crippen LogP contribution in [-0.4, -0.2) is 11.2 Å². The molecule has 2 aromatic carbocycles. The summed E-state index contributed by atoms with van der Waals surface area (Å²) in [6.07, 6.45) is 0.495. The van der Waals surface area contributed by atoms with Gasteiger partial charge in [-0.05, 0) is 24.3 Å². The zero-order valence-corrected chi connectivity index (χ0v) is 12.2. The maximum atomic E-state index is 11.0. The van der Waals surface area contributed by atoms with Crippen molar-refractivity contribution in [2.75, 3.05) is 0 Å². The lowest BCUT2D eigenvalue weighted by atomic mass is 10.2. The van der Waals surface area contributed by atoms with E-state index in [4.69, 9.17) is 16.3 Å². The van der Waals surface area contributed by atoms with Crippen molar-refractivity contribution < 1.29 is 14.5 Å². The largest absolute Gasteiger partial charge is 0.455 e. The van der Waals surface area contributed by atoms with Crippen LogP contribution in [0, 0.1) is 10.1 Å². The maximum Gasteiger partial charge on any atom is 0.270 e. The van der Waals surface area contributed by atoms with E-state index in [9.17, 15) is 14.9 Å². The number of halogens is 2. The molecule has 7 heteroatoms. The maximum absolute atomic E-state index is 11.0. The van der Waals surface area contributed by atoms with Gasteiger partial charge in [-0.1, -0.05) is 27.5 Å². The van der Waals surface area contributed by atoms with Gasteiger partial charge in [0.1, 0.15) is 11.5 Å². The van der Waals surface area contributed by atoms with E-state index in [2.05, 4.69) is 15.9 Å². The highest BCUT2D eigenvalue weighted by molar-refractivity contribution is 9.10. The molecule has 0 aromatic heterocycles. The number of benzene rings is 2. The van der Waals surface area contributed by atoms with Crippen LogP contribution >= 0.6 is 27.5 Å². The molecule has 0 unspecified atom stereocenters. The van der Waals surface area contributed by atoms with Gasteiger partial charge in [0.2, 0.25) is 0 Å². The molecule has 0 aliphatic carbocycles. The predicted molar refractivity (Wildman–Crippen MR) is 77.7 cm³/mol. The normalized spacial score (nSPS) is 10.1. The van der Waals surface area contributed by atoms with Crippen LogP contribution < -0.4 is 4.74 Å². The first-order valence-corrected chi connectivity index (χ1v) is 6.55. The first-order valence-electron chi connectivity index (χ1n) is 5.38. The van der Waals surface area contributed by atoms with Gasteiger partial charge >= 0.3 is 0 Å². The number of nitro benzene ring substituents is 1. The second kappa shape index (κ2) is 6.02. The third-order valence-electron chi connectivity index (χ3n) is 2.44. The van der Waals surface area contributed by atoms with E-state index in [0.29, 0.717) is 17.1 Å². The van der Waals surface area contributed by atoms with E-state index >= 15 is 0 Å². The Morgan fingerprint density at radius 1 is 1.20 bits per heavy atom. The number of nitrogens with zero attached hydrogens (tertiary/aromatic N) is 1. The highest BCUT2D eigenvalue weighted by Gasteiger charge is 2.13. The van der Waals surface area contributed by atoms with Crippen molar-refractivity contribution in [1.82, 2.24) is 0 Å². The summed E-state index contributed by atoms with van der Waals surface area (Å²) in [6, 6.07) is 8.77. The zero-order chi connectivity index (χ0) is 14.7. The average Bonchev–Trinajstić information content (AvgIpc) is 2.42. The number of nitro groups is 1. The number of aldehydes is 1. The fraction of sp³-hybridized carbons (Fsp3) is 0. The molecule has 102 valence electrons. The summed E-state index contributed by atoms with van der Waals surface area (Å²) in [5, 5.41) is 11.0. The Kier molecular flexibility index (Phi) is 4.36. The molecule has 20 heavy (non-hydrogen) atoms. The first-order chi connectivity index (χ1) is 9.51. The van der Waals surface area contributed by atoms with Crippen LogP contribution in [0.3, 0.4) is 0 Å². The highest BCUT2D eigenvalue weighted by atomic mass is 79.9. The molecule has 2 aromatic rings. The molecule has 0 spiro atoms. The van der Waals surface area contributed by atoms with Crippen molar-refractivity contribution in [3.63, 3.8) is 0 Å². The fourth-order valence-corrected chi connectivity index (χ4v) is 2.22. The molecule has 0 aliphatic heterocycles. The number of carbonyl (C=O) groups is 1. The smallest absolute Gasteiger partial charge is 0.270 e. The lowest BCUT2D eigenvalue weighted by Gasteiger charge is -2.09. The third-order valence-corrected chi connectivity index (χ3v) is 3.23. The minimum absolute atomic E-state index is 0.0817. The molecule has 0 heterocycles. The van der Waals surface area contributed by atoms with Crippen molar-refractivity contribution >= 4 is 39.5 Å². The number of carbonyl (C=O) groups excluding carboxylic acids is 1. The topological polar surface area (TPSA) is 69.4 Å². The molecular formula is C13H7BrClNO4. The predicted octanol–water partition coefficient (Wildman–Crippen LogP) is 4.62. The summed E-state index contributed by atoms with van der Waals surface area (Å²) >= 11 is 9.27. The van der Waals surface area contributed by atoms with Gasteiger partial charge in [-0.15, -0.1) is 0 Å².